The molecule has 0 bridgehead atoms. The lowest BCUT2D eigenvalue weighted by Gasteiger charge is -2.13. The van der Waals surface area contributed by atoms with Crippen molar-refractivity contribution in [1.29, 1.82) is 0 Å². The zero-order chi connectivity index (χ0) is 14.1. The molecule has 1 N–H and O–H groups in total. The fourth-order valence-electron chi connectivity index (χ4n) is 1.81. The Kier molecular flexibility index (Phi) is 3.93. The first-order chi connectivity index (χ1) is 8.94. The first-order valence-electron chi connectivity index (χ1n) is 5.96. The van der Waals surface area contributed by atoms with Gasteiger partial charge < -0.3 is 4.74 Å². The lowest BCUT2D eigenvalue weighted by atomic mass is 10.1. The molecule has 1 saturated carbocycles. The molecule has 1 heterocycles. The van der Waals surface area contributed by atoms with Crippen LogP contribution in [0.4, 0.5) is 0 Å². The number of hydrogen-bond acceptors (Lipinski definition) is 6. The molecule has 19 heavy (non-hydrogen) atoms. The Balaban J connectivity index is 2.16. The number of rotatable bonds is 6. The van der Waals surface area contributed by atoms with E-state index in [4.69, 9.17) is 0 Å². The van der Waals surface area contributed by atoms with E-state index in [1.165, 1.54) is 12.5 Å². The number of nitrogens with zero attached hydrogens (tertiary/aromatic N) is 1. The maximum atomic E-state index is 12.2. The van der Waals surface area contributed by atoms with E-state index < -0.39 is 16.0 Å². The van der Waals surface area contributed by atoms with E-state index in [9.17, 15) is 13.2 Å². The Bertz CT molecular complexity index is 575. The molecule has 0 saturated heterocycles. The van der Waals surface area contributed by atoms with E-state index in [-0.39, 0.29) is 16.0 Å². The number of aromatic nitrogens is 1. The van der Waals surface area contributed by atoms with Crippen LogP contribution in [0.3, 0.4) is 0 Å². The van der Waals surface area contributed by atoms with Gasteiger partial charge in [0.2, 0.25) is 10.0 Å². The molecule has 0 atom stereocenters. The number of methoxy groups -OCH3 is 1. The summed E-state index contributed by atoms with van der Waals surface area (Å²) in [7, 11) is -2.51. The monoisotopic (exact) mass is 304 g/mol. The predicted octanol–water partition coefficient (Wildman–Crippen LogP) is 1.40. The lowest BCUT2D eigenvalue weighted by Crippen LogP contribution is -2.31. The van der Waals surface area contributed by atoms with Gasteiger partial charge >= 0.3 is 5.97 Å². The molecule has 0 unspecified atom stereocenters. The first-order valence-corrected chi connectivity index (χ1v) is 8.28. The second-order valence-corrected chi connectivity index (χ2v) is 7.06. The summed E-state index contributed by atoms with van der Waals surface area (Å²) < 4.78 is 35.2. The van der Waals surface area contributed by atoms with Crippen LogP contribution in [0.25, 0.3) is 0 Å². The summed E-state index contributed by atoms with van der Waals surface area (Å²) >= 11 is 0.922. The van der Waals surface area contributed by atoms with Gasteiger partial charge in [0.25, 0.3) is 0 Å². The summed E-state index contributed by atoms with van der Waals surface area (Å²) in [6.07, 6.45) is 3.02. The molecule has 1 aliphatic rings. The molecule has 0 spiro atoms. The van der Waals surface area contributed by atoms with Crippen molar-refractivity contribution in [2.24, 2.45) is 5.41 Å². The first kappa shape index (κ1) is 14.4. The third-order valence-corrected chi connectivity index (χ3v) is 5.74. The van der Waals surface area contributed by atoms with Gasteiger partial charge in [0.05, 0.1) is 7.11 Å². The van der Waals surface area contributed by atoms with Crippen LogP contribution in [0.5, 0.6) is 0 Å². The minimum absolute atomic E-state index is 0.0992. The van der Waals surface area contributed by atoms with Gasteiger partial charge in [-0.2, -0.15) is 4.37 Å². The van der Waals surface area contributed by atoms with Crippen molar-refractivity contribution in [3.8, 4) is 0 Å². The average molecular weight is 304 g/mol. The van der Waals surface area contributed by atoms with E-state index in [1.807, 2.05) is 6.92 Å². The minimum atomic E-state index is -3.71. The van der Waals surface area contributed by atoms with Crippen LogP contribution in [-0.4, -0.2) is 32.4 Å². The van der Waals surface area contributed by atoms with Crippen LogP contribution in [0, 0.1) is 5.41 Å². The van der Waals surface area contributed by atoms with Crippen LogP contribution >= 0.6 is 11.5 Å². The van der Waals surface area contributed by atoms with Gasteiger partial charge in [-0.25, -0.2) is 17.9 Å². The summed E-state index contributed by atoms with van der Waals surface area (Å²) in [6.45, 7) is 2.45. The third-order valence-electron chi connectivity index (χ3n) is 3.55. The maximum absolute atomic E-state index is 12.2. The van der Waals surface area contributed by atoms with Crippen LogP contribution in [0.2, 0.25) is 0 Å². The van der Waals surface area contributed by atoms with Gasteiger partial charge in [-0.3, -0.25) is 0 Å². The molecule has 0 radical (unpaired) electrons. The summed E-state index contributed by atoms with van der Waals surface area (Å²) in [5, 5.41) is 1.35. The normalized spacial score (nSPS) is 17.2. The molecule has 8 heteroatoms. The average Bonchev–Trinajstić information content (AvgIpc) is 3.01. The second kappa shape index (κ2) is 5.18. The quantitative estimate of drug-likeness (QED) is 0.803. The number of ether oxygens (including phenoxy) is 1. The van der Waals surface area contributed by atoms with Crippen LogP contribution in [-0.2, 0) is 14.8 Å². The molecule has 0 amide bonds. The molecule has 1 fully saturated rings. The second-order valence-electron chi connectivity index (χ2n) is 4.70. The van der Waals surface area contributed by atoms with Crippen LogP contribution < -0.4 is 4.72 Å². The van der Waals surface area contributed by atoms with Crippen LogP contribution in [0.15, 0.2) is 10.3 Å². The van der Waals surface area contributed by atoms with E-state index in [2.05, 4.69) is 13.8 Å². The standard InChI is InChI=1S/C11H16N2O4S2/c1-3-11(4-5-11)7-12-19(15,16)8-6-18-13-9(8)10(14)17-2/h6,12H,3-5,7H2,1-2H3. The van der Waals surface area contributed by atoms with E-state index in [0.29, 0.717) is 6.54 Å². The molecule has 1 aromatic rings. The number of carbonyl (C=O) groups is 1. The van der Waals surface area contributed by atoms with Crippen molar-refractivity contribution in [2.75, 3.05) is 13.7 Å². The number of carbonyl (C=O) groups excluding carboxylic acids is 1. The topological polar surface area (TPSA) is 85.4 Å². The van der Waals surface area contributed by atoms with Gasteiger partial charge in [0.15, 0.2) is 5.69 Å². The number of sulfonamides is 1. The fourth-order valence-corrected chi connectivity index (χ4v) is 4.08. The van der Waals surface area contributed by atoms with Crippen molar-refractivity contribution in [2.45, 2.75) is 31.1 Å². The van der Waals surface area contributed by atoms with Gasteiger partial charge in [-0.15, -0.1) is 0 Å². The van der Waals surface area contributed by atoms with E-state index >= 15 is 0 Å². The number of nitrogens with one attached hydrogen (secondary N) is 1. The molecule has 106 valence electrons. The van der Waals surface area contributed by atoms with Crippen molar-refractivity contribution in [3.05, 3.63) is 11.1 Å². The molecular weight excluding hydrogens is 288 g/mol. The Morgan fingerprint density at radius 3 is 2.79 bits per heavy atom. The molecule has 0 aliphatic heterocycles. The van der Waals surface area contributed by atoms with Gasteiger partial charge in [0, 0.05) is 11.9 Å². The zero-order valence-corrected chi connectivity index (χ0v) is 12.4. The Hall–Kier alpha value is -0.990. The molecule has 1 aromatic heterocycles. The van der Waals surface area contributed by atoms with Gasteiger partial charge in [-0.1, -0.05) is 6.92 Å². The molecule has 6 nitrogen and oxygen atoms in total. The third kappa shape index (κ3) is 2.96. The minimum Gasteiger partial charge on any atom is -0.464 e. The maximum Gasteiger partial charge on any atom is 0.359 e. The lowest BCUT2D eigenvalue weighted by molar-refractivity contribution is 0.0591. The van der Waals surface area contributed by atoms with Gasteiger partial charge in [-0.05, 0) is 36.2 Å². The summed E-state index contributed by atoms with van der Waals surface area (Å²) in [5.74, 6) is -0.738. The molecular formula is C11H16N2O4S2. The highest BCUT2D eigenvalue weighted by atomic mass is 32.2. The van der Waals surface area contributed by atoms with Gasteiger partial charge in [0.1, 0.15) is 4.90 Å². The molecule has 2 rings (SSSR count). The largest absolute Gasteiger partial charge is 0.464 e. The van der Waals surface area contributed by atoms with E-state index in [1.54, 1.807) is 0 Å². The van der Waals surface area contributed by atoms with E-state index in [0.717, 1.165) is 30.8 Å². The van der Waals surface area contributed by atoms with Crippen molar-refractivity contribution in [1.82, 2.24) is 9.10 Å². The summed E-state index contributed by atoms with van der Waals surface area (Å²) in [4.78, 5) is 11.3. The Morgan fingerprint density at radius 2 is 2.26 bits per heavy atom. The summed E-state index contributed by atoms with van der Waals surface area (Å²) in [5.41, 5.74) is -0.0524. The highest BCUT2D eigenvalue weighted by Gasteiger charge is 2.41. The van der Waals surface area contributed by atoms with Crippen LogP contribution in [0.1, 0.15) is 36.7 Å². The molecule has 1 aliphatic carbocycles. The SMILES string of the molecule is CCC1(CNS(=O)(=O)c2csnc2C(=O)OC)CC1. The highest BCUT2D eigenvalue weighted by Crippen LogP contribution is 2.48. The Labute approximate surface area is 116 Å². The van der Waals surface area contributed by atoms with Crippen molar-refractivity contribution in [3.63, 3.8) is 0 Å². The highest BCUT2D eigenvalue weighted by molar-refractivity contribution is 7.89. The van der Waals surface area contributed by atoms with Crippen molar-refractivity contribution < 1.29 is 17.9 Å². The smallest absolute Gasteiger partial charge is 0.359 e. The van der Waals surface area contributed by atoms with Crippen molar-refractivity contribution >= 4 is 27.5 Å². The Morgan fingerprint density at radius 1 is 1.58 bits per heavy atom. The zero-order valence-electron chi connectivity index (χ0n) is 10.8. The number of hydrogen-bond donors (Lipinski definition) is 1. The molecule has 0 aromatic carbocycles. The number of esters is 1. The fraction of sp³-hybridized carbons (Fsp3) is 0.636. The predicted molar refractivity (Wildman–Crippen MR) is 70.6 cm³/mol. The summed E-state index contributed by atoms with van der Waals surface area (Å²) in [6, 6.07) is 0.